The van der Waals surface area contributed by atoms with Crippen molar-refractivity contribution < 1.29 is 14.6 Å². The molecule has 0 atom stereocenters. The highest BCUT2D eigenvalue weighted by molar-refractivity contribution is 5.69. The van der Waals surface area contributed by atoms with E-state index in [-0.39, 0.29) is 5.97 Å². The van der Waals surface area contributed by atoms with Crippen LogP contribution in [-0.2, 0) is 9.53 Å². The van der Waals surface area contributed by atoms with Gasteiger partial charge in [0.05, 0.1) is 6.61 Å². The number of hydrogen-bond donors (Lipinski definition) is 1. The van der Waals surface area contributed by atoms with Crippen LogP contribution < -0.4 is 0 Å². The highest BCUT2D eigenvalue weighted by atomic mass is 16.5. The first-order valence-electron chi connectivity index (χ1n) is 3.41. The number of rotatable bonds is 3. The number of carbonyl (C=O) groups excluding carboxylic acids is 1. The molecule has 0 aromatic rings. The van der Waals surface area contributed by atoms with Gasteiger partial charge < -0.3 is 9.84 Å². The Morgan fingerprint density at radius 1 is 1.40 bits per heavy atom. The van der Waals surface area contributed by atoms with Crippen LogP contribution in [0.2, 0.25) is 0 Å². The molecule has 0 aliphatic heterocycles. The molecular weight excluding hydrogens is 132 g/mol. The van der Waals surface area contributed by atoms with E-state index in [9.17, 15) is 4.79 Å². The van der Waals surface area contributed by atoms with Crippen LogP contribution in [-0.4, -0.2) is 24.8 Å². The zero-order chi connectivity index (χ0) is 8.41. The van der Waals surface area contributed by atoms with Crippen molar-refractivity contribution in [3.05, 3.63) is 0 Å². The van der Waals surface area contributed by atoms with Gasteiger partial charge in [0.15, 0.2) is 0 Å². The van der Waals surface area contributed by atoms with Gasteiger partial charge in [0.25, 0.3) is 0 Å². The minimum Gasteiger partial charge on any atom is -0.466 e. The summed E-state index contributed by atoms with van der Waals surface area (Å²) >= 11 is 0. The lowest BCUT2D eigenvalue weighted by molar-refractivity contribution is -0.143. The molecule has 1 N–H and O–H groups in total. The molecule has 0 aromatic carbocycles. The first-order valence-corrected chi connectivity index (χ1v) is 3.41. The molecule has 3 heteroatoms. The van der Waals surface area contributed by atoms with E-state index in [1.165, 1.54) is 0 Å². The molecule has 0 radical (unpaired) electrons. The molecule has 0 aliphatic rings. The average molecular weight is 148 g/mol. The number of aliphatic hydroxyl groups is 1. The normalized spacial score (nSPS) is 7.60. The average Bonchev–Trinajstić information content (AvgIpc) is 1.93. The van der Waals surface area contributed by atoms with Gasteiger partial charge >= 0.3 is 5.97 Å². The molecule has 0 heterocycles. The minimum absolute atomic E-state index is 0.0880. The summed E-state index contributed by atoms with van der Waals surface area (Å²) in [6.45, 7) is 4.27. The number of ether oxygens (including phenoxy) is 1. The van der Waals surface area contributed by atoms with Crippen LogP contribution in [0.25, 0.3) is 0 Å². The van der Waals surface area contributed by atoms with Gasteiger partial charge in [-0.15, -0.1) is 0 Å². The Morgan fingerprint density at radius 3 is 2.20 bits per heavy atom. The maximum atomic E-state index is 10.4. The fraction of sp³-hybridized carbons (Fsp3) is 0.857. The molecule has 0 spiro atoms. The Bertz CT molecular complexity index is 63.3. The van der Waals surface area contributed by atoms with Crippen LogP contribution in [0.1, 0.15) is 26.7 Å². The molecule has 0 rings (SSSR count). The van der Waals surface area contributed by atoms with E-state index in [1.54, 1.807) is 0 Å². The van der Waals surface area contributed by atoms with Crippen LogP contribution in [0, 0.1) is 0 Å². The Morgan fingerprint density at radius 2 is 1.90 bits per heavy atom. The van der Waals surface area contributed by atoms with E-state index >= 15 is 0 Å². The van der Waals surface area contributed by atoms with Crippen LogP contribution in [0.4, 0.5) is 0 Å². The fourth-order valence-electron chi connectivity index (χ4n) is 0.437. The lowest BCUT2D eigenvalue weighted by atomic mass is 10.3. The quantitative estimate of drug-likeness (QED) is 0.606. The number of hydrogen-bond acceptors (Lipinski definition) is 3. The summed E-state index contributed by atoms with van der Waals surface area (Å²) in [6, 6.07) is 0. The smallest absolute Gasteiger partial charge is 0.305 e. The molecule has 0 aromatic heterocycles. The van der Waals surface area contributed by atoms with E-state index in [4.69, 9.17) is 5.11 Å². The first kappa shape index (κ1) is 12.1. The molecule has 0 aliphatic carbocycles. The number of aliphatic hydroxyl groups excluding tert-OH is 1. The van der Waals surface area contributed by atoms with Gasteiger partial charge in [-0.1, -0.05) is 6.92 Å². The zero-order valence-corrected chi connectivity index (χ0v) is 6.89. The SMILES string of the molecule is CCCC(=O)OCC.CO. The first-order chi connectivity index (χ1) is 4.81. The maximum Gasteiger partial charge on any atom is 0.305 e. The summed E-state index contributed by atoms with van der Waals surface area (Å²) in [5, 5.41) is 7.00. The second-order valence-corrected chi connectivity index (χ2v) is 1.56. The Labute approximate surface area is 62.0 Å². The Hall–Kier alpha value is -0.570. The number of esters is 1. The van der Waals surface area contributed by atoms with Gasteiger partial charge in [-0.25, -0.2) is 0 Å². The summed E-state index contributed by atoms with van der Waals surface area (Å²) in [5.74, 6) is -0.0880. The second-order valence-electron chi connectivity index (χ2n) is 1.56. The summed E-state index contributed by atoms with van der Waals surface area (Å²) in [7, 11) is 1.00. The third-order valence-corrected chi connectivity index (χ3v) is 0.759. The van der Waals surface area contributed by atoms with Crippen molar-refractivity contribution in [3.8, 4) is 0 Å². The minimum atomic E-state index is -0.0880. The van der Waals surface area contributed by atoms with Gasteiger partial charge in [0.2, 0.25) is 0 Å². The van der Waals surface area contributed by atoms with E-state index < -0.39 is 0 Å². The van der Waals surface area contributed by atoms with Crippen molar-refractivity contribution in [3.63, 3.8) is 0 Å². The lowest BCUT2D eigenvalue weighted by Gasteiger charge is -1.96. The molecule has 10 heavy (non-hydrogen) atoms. The van der Waals surface area contributed by atoms with Crippen LogP contribution in [0.15, 0.2) is 0 Å². The number of carbonyl (C=O) groups is 1. The van der Waals surface area contributed by atoms with E-state index in [0.717, 1.165) is 13.5 Å². The van der Waals surface area contributed by atoms with E-state index in [2.05, 4.69) is 4.74 Å². The summed E-state index contributed by atoms with van der Waals surface area (Å²) in [4.78, 5) is 10.4. The third kappa shape index (κ3) is 10.4. The largest absolute Gasteiger partial charge is 0.466 e. The standard InChI is InChI=1S/C6H12O2.CH4O/c1-3-5-6(7)8-4-2;1-2/h3-5H2,1-2H3;2H,1H3. The maximum absolute atomic E-state index is 10.4. The van der Waals surface area contributed by atoms with Crippen molar-refractivity contribution in [1.29, 1.82) is 0 Å². The molecule has 0 bridgehead atoms. The second kappa shape index (κ2) is 11.3. The highest BCUT2D eigenvalue weighted by Crippen LogP contribution is 1.89. The molecule has 0 unspecified atom stereocenters. The van der Waals surface area contributed by atoms with Crippen molar-refractivity contribution in [2.24, 2.45) is 0 Å². The molecule has 0 saturated carbocycles. The van der Waals surface area contributed by atoms with Crippen molar-refractivity contribution in [1.82, 2.24) is 0 Å². The molecule has 3 nitrogen and oxygen atoms in total. The Balaban J connectivity index is 0. The molecular formula is C7H16O3. The summed E-state index contributed by atoms with van der Waals surface area (Å²) in [6.07, 6.45) is 1.42. The predicted molar refractivity (Wildman–Crippen MR) is 39.7 cm³/mol. The summed E-state index contributed by atoms with van der Waals surface area (Å²) in [5.41, 5.74) is 0. The monoisotopic (exact) mass is 148 g/mol. The van der Waals surface area contributed by atoms with Gasteiger partial charge in [-0.2, -0.15) is 0 Å². The third-order valence-electron chi connectivity index (χ3n) is 0.759. The van der Waals surface area contributed by atoms with Gasteiger partial charge in [-0.3, -0.25) is 4.79 Å². The lowest BCUT2D eigenvalue weighted by Crippen LogP contribution is -2.01. The molecule has 62 valence electrons. The van der Waals surface area contributed by atoms with Crippen LogP contribution >= 0.6 is 0 Å². The van der Waals surface area contributed by atoms with Gasteiger partial charge in [-0.05, 0) is 13.3 Å². The zero-order valence-electron chi connectivity index (χ0n) is 6.89. The molecule has 0 saturated heterocycles. The van der Waals surface area contributed by atoms with Gasteiger partial charge in [0.1, 0.15) is 0 Å². The van der Waals surface area contributed by atoms with Crippen LogP contribution in [0.5, 0.6) is 0 Å². The highest BCUT2D eigenvalue weighted by Gasteiger charge is 1.95. The van der Waals surface area contributed by atoms with E-state index in [1.807, 2.05) is 13.8 Å². The topological polar surface area (TPSA) is 46.5 Å². The van der Waals surface area contributed by atoms with Crippen molar-refractivity contribution in [2.45, 2.75) is 26.7 Å². The predicted octanol–water partition coefficient (Wildman–Crippen LogP) is 0.958. The molecule has 0 fully saturated rings. The van der Waals surface area contributed by atoms with Crippen LogP contribution in [0.3, 0.4) is 0 Å². The van der Waals surface area contributed by atoms with Gasteiger partial charge in [0, 0.05) is 13.5 Å². The fourth-order valence-corrected chi connectivity index (χ4v) is 0.437. The van der Waals surface area contributed by atoms with E-state index in [0.29, 0.717) is 13.0 Å². The molecule has 0 amide bonds. The van der Waals surface area contributed by atoms with Crippen molar-refractivity contribution in [2.75, 3.05) is 13.7 Å². The van der Waals surface area contributed by atoms with Crippen molar-refractivity contribution >= 4 is 5.97 Å². The summed E-state index contributed by atoms with van der Waals surface area (Å²) < 4.78 is 4.64. The Kier molecular flexibility index (Phi) is 13.7.